The third kappa shape index (κ3) is 4.20. The second-order valence-corrected chi connectivity index (χ2v) is 10.1. The topological polar surface area (TPSA) is 62.6 Å². The highest BCUT2D eigenvalue weighted by atomic mass is 19.4. The van der Waals surface area contributed by atoms with Gasteiger partial charge in [-0.1, -0.05) is 6.07 Å². The smallest absolute Gasteiger partial charge is 0.356 e. The van der Waals surface area contributed by atoms with Gasteiger partial charge in [0.15, 0.2) is 29.9 Å². The summed E-state index contributed by atoms with van der Waals surface area (Å²) < 4.78 is 89.5. The van der Waals surface area contributed by atoms with Crippen molar-refractivity contribution in [1.82, 2.24) is 9.78 Å². The van der Waals surface area contributed by atoms with Crippen molar-refractivity contribution in [3.63, 3.8) is 0 Å². The van der Waals surface area contributed by atoms with Crippen molar-refractivity contribution < 1.29 is 41.0 Å². The number of rotatable bonds is 6. The number of nitrogens with zero attached hydrogens (tertiary/aromatic N) is 2. The van der Waals surface area contributed by atoms with Crippen molar-refractivity contribution in [3.05, 3.63) is 64.9 Å². The molecule has 0 N–H and O–H groups in total. The molecule has 1 aromatic heterocycles. The Kier molecular flexibility index (Phi) is 6.27. The number of hydrogen-bond acceptors (Lipinski definition) is 5. The molecular formula is C27H25F5N2O4. The summed E-state index contributed by atoms with van der Waals surface area (Å²) >= 11 is 0. The molecule has 3 fully saturated rings. The Hall–Kier alpha value is -2.89. The highest BCUT2D eigenvalue weighted by Gasteiger charge is 2.69. The van der Waals surface area contributed by atoms with Crippen LogP contribution in [0.15, 0.2) is 36.5 Å². The first kappa shape index (κ1) is 25.4. The number of carbonyl (C=O) groups excluding carboxylic acids is 1. The fourth-order valence-electron chi connectivity index (χ4n) is 5.50. The summed E-state index contributed by atoms with van der Waals surface area (Å²) in [6, 6.07) is 6.03. The molecule has 6 rings (SSSR count). The number of hydrogen-bond donors (Lipinski definition) is 0. The van der Waals surface area contributed by atoms with E-state index in [0.717, 1.165) is 37.5 Å². The van der Waals surface area contributed by atoms with Crippen LogP contribution in [0.25, 0.3) is 10.9 Å². The number of alkyl halides is 3. The molecule has 0 spiro atoms. The number of carbonyl (C=O) groups is 1. The van der Waals surface area contributed by atoms with Crippen molar-refractivity contribution >= 4 is 16.7 Å². The lowest BCUT2D eigenvalue weighted by Crippen LogP contribution is -2.37. The molecule has 0 amide bonds. The summed E-state index contributed by atoms with van der Waals surface area (Å²) in [5.41, 5.74) is -1.46. The number of ether oxygens (including phenoxy) is 3. The van der Waals surface area contributed by atoms with Crippen LogP contribution in [-0.4, -0.2) is 41.6 Å². The van der Waals surface area contributed by atoms with Crippen LogP contribution >= 0.6 is 0 Å². The predicted octanol–water partition coefficient (Wildman–Crippen LogP) is 6.10. The molecule has 0 radical (unpaired) electrons. The summed E-state index contributed by atoms with van der Waals surface area (Å²) in [7, 11) is 0. The van der Waals surface area contributed by atoms with Gasteiger partial charge in [0.2, 0.25) is 0 Å². The molecule has 3 aromatic rings. The van der Waals surface area contributed by atoms with Gasteiger partial charge >= 0.3 is 6.18 Å². The summed E-state index contributed by atoms with van der Waals surface area (Å²) in [5, 5.41) is 5.03. The van der Waals surface area contributed by atoms with Crippen LogP contribution in [0.4, 0.5) is 22.0 Å². The Bertz CT molecular complexity index is 1370. The fourth-order valence-corrected chi connectivity index (χ4v) is 5.50. The van der Waals surface area contributed by atoms with Gasteiger partial charge in [0.1, 0.15) is 5.41 Å². The molecule has 2 aromatic carbocycles. The molecule has 1 saturated carbocycles. The zero-order chi connectivity index (χ0) is 26.7. The van der Waals surface area contributed by atoms with Crippen LogP contribution in [-0.2, 0) is 19.0 Å². The normalized spacial score (nSPS) is 22.6. The van der Waals surface area contributed by atoms with Crippen LogP contribution in [0.2, 0.25) is 0 Å². The van der Waals surface area contributed by atoms with Crippen molar-refractivity contribution in [2.45, 2.75) is 56.7 Å². The maximum absolute atomic E-state index is 14.3. The van der Waals surface area contributed by atoms with E-state index in [1.54, 1.807) is 23.0 Å². The number of Topliss-reactive ketones (excluding diaryl/α,β-unsaturated/α-hetero) is 1. The van der Waals surface area contributed by atoms with E-state index in [0.29, 0.717) is 23.1 Å². The lowest BCUT2D eigenvalue weighted by Gasteiger charge is -2.28. The molecule has 202 valence electrons. The van der Waals surface area contributed by atoms with Gasteiger partial charge in [0.05, 0.1) is 30.8 Å². The van der Waals surface area contributed by atoms with Crippen LogP contribution < -0.4 is 0 Å². The van der Waals surface area contributed by atoms with E-state index in [2.05, 4.69) is 5.10 Å². The maximum atomic E-state index is 14.3. The fraction of sp³-hybridized carbons (Fsp3) is 0.481. The summed E-state index contributed by atoms with van der Waals surface area (Å²) in [5.74, 6) is -5.06. The van der Waals surface area contributed by atoms with Gasteiger partial charge in [-0.25, -0.2) is 13.5 Å². The van der Waals surface area contributed by atoms with Gasteiger partial charge in [0.25, 0.3) is 0 Å². The monoisotopic (exact) mass is 536 g/mol. The predicted molar refractivity (Wildman–Crippen MR) is 124 cm³/mol. The van der Waals surface area contributed by atoms with Crippen molar-refractivity contribution in [1.29, 1.82) is 0 Å². The number of fused-ring (bicyclic) bond motifs is 1. The third-order valence-electron chi connectivity index (χ3n) is 7.72. The molecule has 38 heavy (non-hydrogen) atoms. The minimum Gasteiger partial charge on any atom is -0.356 e. The number of ketones is 1. The van der Waals surface area contributed by atoms with Gasteiger partial charge in [-0.2, -0.15) is 18.3 Å². The minimum absolute atomic E-state index is 0.0778. The van der Waals surface area contributed by atoms with Crippen LogP contribution in [0.1, 0.15) is 67.2 Å². The van der Waals surface area contributed by atoms with Crippen LogP contribution in [0.3, 0.4) is 0 Å². The Morgan fingerprint density at radius 1 is 1.00 bits per heavy atom. The van der Waals surface area contributed by atoms with E-state index < -0.39 is 41.2 Å². The van der Waals surface area contributed by atoms with Gasteiger partial charge in [-0.05, 0) is 67.5 Å². The van der Waals surface area contributed by atoms with Crippen molar-refractivity contribution in [2.24, 2.45) is 5.41 Å². The molecule has 0 bridgehead atoms. The van der Waals surface area contributed by atoms with E-state index in [1.165, 1.54) is 0 Å². The highest BCUT2D eigenvalue weighted by Crippen LogP contribution is 2.61. The Morgan fingerprint density at radius 3 is 2.39 bits per heavy atom. The molecular weight excluding hydrogens is 511 g/mol. The van der Waals surface area contributed by atoms with E-state index in [1.807, 2.05) is 0 Å². The zero-order valence-corrected chi connectivity index (χ0v) is 20.3. The second-order valence-electron chi connectivity index (χ2n) is 10.1. The molecule has 2 atom stereocenters. The largest absolute Gasteiger partial charge is 0.401 e. The quantitative estimate of drug-likeness (QED) is 0.356. The van der Waals surface area contributed by atoms with Crippen molar-refractivity contribution in [2.75, 3.05) is 19.8 Å². The lowest BCUT2D eigenvalue weighted by atomic mass is 9.78. The standard InChI is InChI=1S/C27H25F5N2O4/c28-19-5-4-15(12-20(19)29)23(24(35)26(6-7-26)27(30,31)32)17-11-16-14-33-34(22-3-1-2-8-36-22)21(16)13-18(17)25-37-9-10-38-25/h4-5,11-14,22-23,25H,1-3,6-10H2. The van der Waals surface area contributed by atoms with E-state index >= 15 is 0 Å². The molecule has 2 unspecified atom stereocenters. The Morgan fingerprint density at radius 2 is 1.76 bits per heavy atom. The summed E-state index contributed by atoms with van der Waals surface area (Å²) in [6.45, 7) is 1.09. The third-order valence-corrected chi connectivity index (χ3v) is 7.72. The van der Waals surface area contributed by atoms with E-state index in [9.17, 15) is 26.7 Å². The van der Waals surface area contributed by atoms with Gasteiger partial charge < -0.3 is 14.2 Å². The maximum Gasteiger partial charge on any atom is 0.401 e. The first-order valence-corrected chi connectivity index (χ1v) is 12.6. The lowest BCUT2D eigenvalue weighted by molar-refractivity contribution is -0.191. The van der Waals surface area contributed by atoms with Gasteiger partial charge in [0, 0.05) is 17.6 Å². The first-order chi connectivity index (χ1) is 18.2. The van der Waals surface area contributed by atoms with E-state index in [4.69, 9.17) is 14.2 Å². The van der Waals surface area contributed by atoms with Crippen LogP contribution in [0, 0.1) is 17.0 Å². The second kappa shape index (κ2) is 9.39. The average Bonchev–Trinajstić information content (AvgIpc) is 3.36. The first-order valence-electron chi connectivity index (χ1n) is 12.6. The molecule has 3 heterocycles. The number of benzene rings is 2. The zero-order valence-electron chi connectivity index (χ0n) is 20.3. The highest BCUT2D eigenvalue weighted by molar-refractivity contribution is 5.98. The van der Waals surface area contributed by atoms with Gasteiger partial charge in [-0.3, -0.25) is 4.79 Å². The van der Waals surface area contributed by atoms with Crippen molar-refractivity contribution in [3.8, 4) is 0 Å². The number of aromatic nitrogens is 2. The molecule has 6 nitrogen and oxygen atoms in total. The van der Waals surface area contributed by atoms with Gasteiger partial charge in [-0.15, -0.1) is 0 Å². The summed E-state index contributed by atoms with van der Waals surface area (Å²) in [6.07, 6.45) is -2.57. The SMILES string of the molecule is O=C(C(c1ccc(F)c(F)c1)c1cc2cnn(C3CCCCO3)c2cc1C1OCCO1)C1(C(F)(F)F)CC1. The molecule has 3 aliphatic rings. The number of halogens is 5. The Balaban J connectivity index is 1.55. The summed E-state index contributed by atoms with van der Waals surface area (Å²) in [4.78, 5) is 13.8. The average molecular weight is 536 g/mol. The van der Waals surface area contributed by atoms with Crippen LogP contribution in [0.5, 0.6) is 0 Å². The molecule has 11 heteroatoms. The minimum atomic E-state index is -4.78. The molecule has 1 aliphatic carbocycles. The molecule has 2 saturated heterocycles. The Labute approximate surface area is 214 Å². The van der Waals surface area contributed by atoms with E-state index in [-0.39, 0.29) is 43.4 Å². The molecule has 2 aliphatic heterocycles.